The molecule has 1 atom stereocenters. The zero-order chi connectivity index (χ0) is 26.3. The first-order chi connectivity index (χ1) is 18.6. The molecule has 1 aliphatic rings. The summed E-state index contributed by atoms with van der Waals surface area (Å²) in [5.74, 6) is 1.71. The number of benzene rings is 3. The molecule has 1 aliphatic heterocycles. The summed E-state index contributed by atoms with van der Waals surface area (Å²) < 4.78 is 7.64. The van der Waals surface area contributed by atoms with E-state index in [1.54, 1.807) is 0 Å². The number of piperazine rings is 1. The Morgan fingerprint density at radius 2 is 1.58 bits per heavy atom. The van der Waals surface area contributed by atoms with E-state index in [1.165, 1.54) is 5.56 Å². The number of rotatable bonds is 9. The minimum Gasteiger partial charge on any atom is -0.494 e. The highest BCUT2D eigenvalue weighted by Gasteiger charge is 2.31. The minimum absolute atomic E-state index is 0.0679. The standard InChI is InChI=1S/C31H36N6O/c1-4-38-28-17-15-27(16-18-28)30(31-32-33-34-37(31)29-24(2)10-8-11-25(29)3)36-22-20-35(21-23-36)19-9-14-26-12-6-5-7-13-26/h5-18,30H,4,19-23H2,1-3H3. The van der Waals surface area contributed by atoms with Crippen LogP contribution >= 0.6 is 0 Å². The van der Waals surface area contributed by atoms with Gasteiger partial charge in [-0.1, -0.05) is 72.8 Å². The second kappa shape index (κ2) is 12.2. The number of hydrogen-bond acceptors (Lipinski definition) is 6. The van der Waals surface area contributed by atoms with Crippen LogP contribution in [0.1, 0.15) is 41.0 Å². The van der Waals surface area contributed by atoms with Gasteiger partial charge in [0.1, 0.15) is 5.75 Å². The lowest BCUT2D eigenvalue weighted by molar-refractivity contribution is 0.113. The van der Waals surface area contributed by atoms with Crippen molar-refractivity contribution < 1.29 is 4.74 Å². The van der Waals surface area contributed by atoms with Crippen molar-refractivity contribution in [2.24, 2.45) is 0 Å². The fraction of sp³-hybridized carbons (Fsp3) is 0.323. The van der Waals surface area contributed by atoms with Gasteiger partial charge < -0.3 is 4.74 Å². The number of nitrogens with zero attached hydrogens (tertiary/aromatic N) is 6. The average Bonchev–Trinajstić information content (AvgIpc) is 3.40. The van der Waals surface area contributed by atoms with Crippen molar-refractivity contribution >= 4 is 6.08 Å². The van der Waals surface area contributed by atoms with Crippen LogP contribution in [0.4, 0.5) is 0 Å². The predicted octanol–water partition coefficient (Wildman–Crippen LogP) is 5.10. The molecule has 0 N–H and O–H groups in total. The molecular weight excluding hydrogens is 472 g/mol. The van der Waals surface area contributed by atoms with Crippen LogP contribution in [0, 0.1) is 13.8 Å². The molecule has 0 saturated carbocycles. The van der Waals surface area contributed by atoms with Crippen molar-refractivity contribution in [2.75, 3.05) is 39.3 Å². The highest BCUT2D eigenvalue weighted by atomic mass is 16.5. The highest BCUT2D eigenvalue weighted by Crippen LogP contribution is 2.32. The smallest absolute Gasteiger partial charge is 0.178 e. The van der Waals surface area contributed by atoms with Crippen LogP contribution in [0.3, 0.4) is 0 Å². The van der Waals surface area contributed by atoms with Crippen molar-refractivity contribution in [1.29, 1.82) is 0 Å². The molecule has 4 aromatic rings. The zero-order valence-electron chi connectivity index (χ0n) is 22.5. The Labute approximate surface area is 225 Å². The molecule has 1 unspecified atom stereocenters. The molecule has 2 heterocycles. The first kappa shape index (κ1) is 25.8. The summed E-state index contributed by atoms with van der Waals surface area (Å²) in [6.07, 6.45) is 4.46. The van der Waals surface area contributed by atoms with E-state index in [2.05, 4.69) is 106 Å². The summed E-state index contributed by atoms with van der Waals surface area (Å²) in [5, 5.41) is 13.2. The molecule has 1 fully saturated rings. The SMILES string of the molecule is CCOc1ccc(C(c2nnnn2-c2c(C)cccc2C)N2CCN(CC=Cc3ccccc3)CC2)cc1. The van der Waals surface area contributed by atoms with Gasteiger partial charge in [0.15, 0.2) is 5.82 Å². The largest absolute Gasteiger partial charge is 0.494 e. The van der Waals surface area contributed by atoms with E-state index in [1.807, 2.05) is 29.8 Å². The molecule has 3 aromatic carbocycles. The lowest BCUT2D eigenvalue weighted by Crippen LogP contribution is -2.48. The van der Waals surface area contributed by atoms with E-state index < -0.39 is 0 Å². The number of tetrazole rings is 1. The number of para-hydroxylation sites is 1. The number of aryl methyl sites for hydroxylation is 2. The van der Waals surface area contributed by atoms with E-state index in [4.69, 9.17) is 4.74 Å². The van der Waals surface area contributed by atoms with Crippen molar-refractivity contribution in [3.8, 4) is 11.4 Å². The maximum Gasteiger partial charge on any atom is 0.178 e. The van der Waals surface area contributed by atoms with E-state index in [9.17, 15) is 0 Å². The predicted molar refractivity (Wildman–Crippen MR) is 152 cm³/mol. The second-order valence-corrected chi connectivity index (χ2v) is 9.74. The molecule has 5 rings (SSSR count). The molecule has 0 radical (unpaired) electrons. The third-order valence-electron chi connectivity index (χ3n) is 7.14. The maximum absolute atomic E-state index is 5.71. The quantitative estimate of drug-likeness (QED) is 0.314. The van der Waals surface area contributed by atoms with Gasteiger partial charge in [0.25, 0.3) is 0 Å². The molecule has 0 amide bonds. The normalized spacial score (nSPS) is 15.7. The van der Waals surface area contributed by atoms with Crippen LogP contribution in [0.25, 0.3) is 11.8 Å². The molecule has 7 nitrogen and oxygen atoms in total. The van der Waals surface area contributed by atoms with Crippen molar-refractivity contribution in [3.63, 3.8) is 0 Å². The Bertz CT molecular complexity index is 1320. The molecule has 7 heteroatoms. The van der Waals surface area contributed by atoms with E-state index >= 15 is 0 Å². The highest BCUT2D eigenvalue weighted by molar-refractivity contribution is 5.49. The Morgan fingerprint density at radius 1 is 0.868 bits per heavy atom. The van der Waals surface area contributed by atoms with Crippen LogP contribution in [-0.2, 0) is 0 Å². The number of aromatic nitrogens is 4. The lowest BCUT2D eigenvalue weighted by atomic mass is 10.0. The fourth-order valence-electron chi connectivity index (χ4n) is 5.21. The molecule has 0 bridgehead atoms. The summed E-state index contributed by atoms with van der Waals surface area (Å²) >= 11 is 0. The molecule has 38 heavy (non-hydrogen) atoms. The third kappa shape index (κ3) is 5.85. The fourth-order valence-corrected chi connectivity index (χ4v) is 5.21. The summed E-state index contributed by atoms with van der Waals surface area (Å²) in [7, 11) is 0. The van der Waals surface area contributed by atoms with E-state index in [0.717, 1.165) is 66.7 Å². The topological polar surface area (TPSA) is 59.3 Å². The molecule has 1 saturated heterocycles. The first-order valence-corrected chi connectivity index (χ1v) is 13.4. The van der Waals surface area contributed by atoms with Crippen molar-refractivity contribution in [3.05, 3.63) is 107 Å². The molecule has 0 spiro atoms. The van der Waals surface area contributed by atoms with Gasteiger partial charge in [-0.3, -0.25) is 9.80 Å². The van der Waals surface area contributed by atoms with Gasteiger partial charge in [-0.25, -0.2) is 0 Å². The van der Waals surface area contributed by atoms with E-state index in [-0.39, 0.29) is 6.04 Å². The van der Waals surface area contributed by atoms with Gasteiger partial charge in [0.2, 0.25) is 0 Å². The maximum atomic E-state index is 5.71. The summed E-state index contributed by atoms with van der Waals surface area (Å²) in [4.78, 5) is 5.00. The third-order valence-corrected chi connectivity index (χ3v) is 7.14. The summed E-state index contributed by atoms with van der Waals surface area (Å²) in [6, 6.07) is 25.1. The van der Waals surface area contributed by atoms with Gasteiger partial charge in [-0.05, 0) is 65.6 Å². The van der Waals surface area contributed by atoms with Crippen LogP contribution in [0.2, 0.25) is 0 Å². The van der Waals surface area contributed by atoms with Gasteiger partial charge in [0.05, 0.1) is 18.3 Å². The Hall–Kier alpha value is -3.81. The average molecular weight is 509 g/mol. The lowest BCUT2D eigenvalue weighted by Gasteiger charge is -2.38. The molecular formula is C31H36N6O. The van der Waals surface area contributed by atoms with Crippen LogP contribution in [0.5, 0.6) is 5.75 Å². The van der Waals surface area contributed by atoms with Gasteiger partial charge in [0, 0.05) is 32.7 Å². The minimum atomic E-state index is -0.0679. The number of hydrogen-bond donors (Lipinski definition) is 0. The molecule has 0 aliphatic carbocycles. The van der Waals surface area contributed by atoms with Crippen molar-refractivity contribution in [1.82, 2.24) is 30.0 Å². The Balaban J connectivity index is 1.39. The molecule has 1 aromatic heterocycles. The van der Waals surface area contributed by atoms with Gasteiger partial charge in [-0.15, -0.1) is 5.10 Å². The first-order valence-electron chi connectivity index (χ1n) is 13.4. The monoisotopic (exact) mass is 508 g/mol. The van der Waals surface area contributed by atoms with E-state index in [0.29, 0.717) is 6.61 Å². The zero-order valence-corrected chi connectivity index (χ0v) is 22.5. The number of ether oxygens (including phenoxy) is 1. The molecule has 196 valence electrons. The summed E-state index contributed by atoms with van der Waals surface area (Å²) in [5.41, 5.74) is 5.75. The second-order valence-electron chi connectivity index (χ2n) is 9.74. The summed E-state index contributed by atoms with van der Waals surface area (Å²) in [6.45, 7) is 11.6. The van der Waals surface area contributed by atoms with Crippen LogP contribution < -0.4 is 4.74 Å². The Kier molecular flexibility index (Phi) is 8.26. The van der Waals surface area contributed by atoms with Crippen LogP contribution in [-0.4, -0.2) is 69.3 Å². The van der Waals surface area contributed by atoms with Gasteiger partial charge >= 0.3 is 0 Å². The van der Waals surface area contributed by atoms with Gasteiger partial charge in [-0.2, -0.15) is 4.68 Å². The van der Waals surface area contributed by atoms with Crippen LogP contribution in [0.15, 0.2) is 78.9 Å². The van der Waals surface area contributed by atoms with Crippen molar-refractivity contribution in [2.45, 2.75) is 26.8 Å². The Morgan fingerprint density at radius 3 is 2.26 bits per heavy atom.